The minimum absolute atomic E-state index is 0.0813. The highest BCUT2D eigenvalue weighted by atomic mass is 19.3. The Hall–Kier alpha value is -2.43. The summed E-state index contributed by atoms with van der Waals surface area (Å²) in [5.74, 6) is 0.0327. The van der Waals surface area contributed by atoms with Crippen molar-refractivity contribution in [3.05, 3.63) is 59.7 Å². The Bertz CT molecular complexity index is 627. The van der Waals surface area contributed by atoms with E-state index < -0.39 is 6.61 Å². The Morgan fingerprint density at radius 1 is 1.14 bits per heavy atom. The predicted octanol–water partition coefficient (Wildman–Crippen LogP) is 4.17. The average Bonchev–Trinajstić information content (AvgIpc) is 2.48. The maximum absolute atomic E-state index is 12.0. The summed E-state index contributed by atoms with van der Waals surface area (Å²) in [4.78, 5) is 11.9. The zero-order valence-corrected chi connectivity index (χ0v) is 12.2. The zero-order chi connectivity index (χ0) is 15.9. The maximum Gasteiger partial charge on any atom is 0.387 e. The van der Waals surface area contributed by atoms with Gasteiger partial charge in [-0.15, -0.1) is 0 Å². The summed E-state index contributed by atoms with van der Waals surface area (Å²) in [6.07, 6.45) is 0.857. The van der Waals surface area contributed by atoms with Crippen LogP contribution in [0.15, 0.2) is 48.5 Å². The quantitative estimate of drug-likeness (QED) is 0.870. The molecule has 0 aliphatic rings. The fraction of sp³-hybridized carbons (Fsp3) is 0.235. The number of anilines is 1. The molecule has 0 aliphatic carbocycles. The highest BCUT2D eigenvalue weighted by molar-refractivity contribution is 5.91. The van der Waals surface area contributed by atoms with E-state index in [1.165, 1.54) is 12.1 Å². The number of hydrogen-bond donors (Lipinski definition) is 1. The minimum atomic E-state index is -2.83. The van der Waals surface area contributed by atoms with E-state index in [1.54, 1.807) is 12.1 Å². The van der Waals surface area contributed by atoms with Gasteiger partial charge in [-0.1, -0.05) is 30.3 Å². The lowest BCUT2D eigenvalue weighted by molar-refractivity contribution is -0.116. The van der Waals surface area contributed by atoms with Crippen LogP contribution in [0.2, 0.25) is 0 Å². The SMILES string of the molecule is Cc1ccccc1NC(=O)CCc1ccc(OC(F)F)cc1. The van der Waals surface area contributed by atoms with Crippen LogP contribution < -0.4 is 10.1 Å². The first-order valence-corrected chi connectivity index (χ1v) is 6.94. The van der Waals surface area contributed by atoms with E-state index in [9.17, 15) is 13.6 Å². The summed E-state index contributed by atoms with van der Waals surface area (Å²) < 4.78 is 28.4. The first kappa shape index (κ1) is 15.9. The van der Waals surface area contributed by atoms with E-state index in [1.807, 2.05) is 31.2 Å². The van der Waals surface area contributed by atoms with Crippen molar-refractivity contribution in [3.8, 4) is 5.75 Å². The van der Waals surface area contributed by atoms with Gasteiger partial charge in [-0.2, -0.15) is 8.78 Å². The van der Waals surface area contributed by atoms with E-state index in [4.69, 9.17) is 0 Å². The lowest BCUT2D eigenvalue weighted by Gasteiger charge is -2.08. The maximum atomic E-state index is 12.0. The molecule has 0 spiro atoms. The molecule has 2 rings (SSSR count). The van der Waals surface area contributed by atoms with Crippen molar-refractivity contribution in [1.82, 2.24) is 0 Å². The summed E-state index contributed by atoms with van der Waals surface area (Å²) in [6.45, 7) is -0.900. The Labute approximate surface area is 127 Å². The second-order valence-electron chi connectivity index (χ2n) is 4.89. The molecule has 2 aromatic rings. The van der Waals surface area contributed by atoms with Crippen LogP contribution in [0.4, 0.5) is 14.5 Å². The molecule has 22 heavy (non-hydrogen) atoms. The number of rotatable bonds is 6. The Morgan fingerprint density at radius 2 is 1.82 bits per heavy atom. The Balaban J connectivity index is 1.85. The number of carbonyl (C=O) groups excluding carboxylic acids is 1. The second-order valence-corrected chi connectivity index (χ2v) is 4.89. The van der Waals surface area contributed by atoms with Crippen molar-refractivity contribution in [1.29, 1.82) is 0 Å². The van der Waals surface area contributed by atoms with Crippen molar-refractivity contribution in [2.24, 2.45) is 0 Å². The van der Waals surface area contributed by atoms with Gasteiger partial charge in [0.2, 0.25) is 5.91 Å². The minimum Gasteiger partial charge on any atom is -0.435 e. The van der Waals surface area contributed by atoms with Gasteiger partial charge >= 0.3 is 6.61 Å². The van der Waals surface area contributed by atoms with Crippen molar-refractivity contribution >= 4 is 11.6 Å². The highest BCUT2D eigenvalue weighted by Crippen LogP contribution is 2.17. The fourth-order valence-electron chi connectivity index (χ4n) is 2.02. The van der Waals surface area contributed by atoms with Crippen LogP contribution in [-0.2, 0) is 11.2 Å². The lowest BCUT2D eigenvalue weighted by atomic mass is 10.1. The number of benzene rings is 2. The summed E-state index contributed by atoms with van der Waals surface area (Å²) in [6, 6.07) is 13.9. The van der Waals surface area contributed by atoms with Crippen LogP contribution in [0.1, 0.15) is 17.5 Å². The third kappa shape index (κ3) is 4.84. The smallest absolute Gasteiger partial charge is 0.387 e. The average molecular weight is 305 g/mol. The van der Waals surface area contributed by atoms with Crippen molar-refractivity contribution in [2.45, 2.75) is 26.4 Å². The van der Waals surface area contributed by atoms with Crippen LogP contribution in [0, 0.1) is 6.92 Å². The molecule has 3 nitrogen and oxygen atoms in total. The number of ether oxygens (including phenoxy) is 1. The van der Waals surface area contributed by atoms with E-state index in [-0.39, 0.29) is 11.7 Å². The molecule has 0 saturated carbocycles. The Kier molecular flexibility index (Phi) is 5.47. The van der Waals surface area contributed by atoms with E-state index in [2.05, 4.69) is 10.1 Å². The summed E-state index contributed by atoms with van der Waals surface area (Å²) in [5.41, 5.74) is 2.69. The number of hydrogen-bond acceptors (Lipinski definition) is 2. The van der Waals surface area contributed by atoms with Crippen LogP contribution in [-0.4, -0.2) is 12.5 Å². The summed E-state index contributed by atoms with van der Waals surface area (Å²) in [7, 11) is 0. The normalized spacial score (nSPS) is 10.5. The molecular formula is C17H17F2NO2. The van der Waals surface area contributed by atoms with Gasteiger partial charge in [0.1, 0.15) is 5.75 Å². The molecule has 0 heterocycles. The number of alkyl halides is 2. The van der Waals surface area contributed by atoms with Gasteiger partial charge in [0.15, 0.2) is 0 Å². The van der Waals surface area contributed by atoms with Crippen molar-refractivity contribution in [3.63, 3.8) is 0 Å². The number of para-hydroxylation sites is 1. The van der Waals surface area contributed by atoms with Crippen LogP contribution >= 0.6 is 0 Å². The van der Waals surface area contributed by atoms with E-state index in [0.717, 1.165) is 16.8 Å². The van der Waals surface area contributed by atoms with Gasteiger partial charge < -0.3 is 10.1 Å². The molecule has 0 saturated heterocycles. The predicted molar refractivity (Wildman–Crippen MR) is 81.2 cm³/mol. The van der Waals surface area contributed by atoms with E-state index >= 15 is 0 Å². The molecule has 0 bridgehead atoms. The second kappa shape index (κ2) is 7.54. The number of halogens is 2. The number of nitrogens with one attached hydrogen (secondary N) is 1. The third-order valence-corrected chi connectivity index (χ3v) is 3.21. The molecule has 0 atom stereocenters. The van der Waals surface area contributed by atoms with Gasteiger partial charge in [-0.05, 0) is 42.7 Å². The molecule has 0 radical (unpaired) electrons. The summed E-state index contributed by atoms with van der Waals surface area (Å²) in [5, 5.41) is 2.86. The van der Waals surface area contributed by atoms with Crippen LogP contribution in [0.5, 0.6) is 5.75 Å². The first-order chi connectivity index (χ1) is 10.5. The third-order valence-electron chi connectivity index (χ3n) is 3.21. The van der Waals surface area contributed by atoms with Crippen LogP contribution in [0.25, 0.3) is 0 Å². The lowest BCUT2D eigenvalue weighted by Crippen LogP contribution is -2.13. The molecule has 0 aliphatic heterocycles. The molecule has 5 heteroatoms. The van der Waals surface area contributed by atoms with Crippen LogP contribution in [0.3, 0.4) is 0 Å². The zero-order valence-electron chi connectivity index (χ0n) is 12.2. The first-order valence-electron chi connectivity index (χ1n) is 6.94. The van der Waals surface area contributed by atoms with E-state index in [0.29, 0.717) is 12.8 Å². The highest BCUT2D eigenvalue weighted by Gasteiger charge is 2.06. The largest absolute Gasteiger partial charge is 0.435 e. The molecule has 0 unspecified atom stereocenters. The standard InChI is InChI=1S/C17H17F2NO2/c1-12-4-2-3-5-15(12)20-16(21)11-8-13-6-9-14(10-7-13)22-17(18)19/h2-7,9-10,17H,8,11H2,1H3,(H,20,21). The number of aryl methyl sites for hydroxylation is 2. The molecule has 0 fully saturated rings. The van der Waals surface area contributed by atoms with Crippen molar-refractivity contribution in [2.75, 3.05) is 5.32 Å². The van der Waals surface area contributed by atoms with Gasteiger partial charge in [-0.25, -0.2) is 0 Å². The van der Waals surface area contributed by atoms with Gasteiger partial charge in [-0.3, -0.25) is 4.79 Å². The molecule has 2 aromatic carbocycles. The van der Waals surface area contributed by atoms with Gasteiger partial charge in [0, 0.05) is 12.1 Å². The molecule has 1 N–H and O–H groups in total. The van der Waals surface area contributed by atoms with Crippen molar-refractivity contribution < 1.29 is 18.3 Å². The molecule has 116 valence electrons. The number of carbonyl (C=O) groups is 1. The molecule has 1 amide bonds. The van der Waals surface area contributed by atoms with Gasteiger partial charge in [0.05, 0.1) is 0 Å². The summed E-state index contributed by atoms with van der Waals surface area (Å²) >= 11 is 0. The molecule has 0 aromatic heterocycles. The van der Waals surface area contributed by atoms with Gasteiger partial charge in [0.25, 0.3) is 0 Å². The monoisotopic (exact) mass is 305 g/mol. The topological polar surface area (TPSA) is 38.3 Å². The molecular weight excluding hydrogens is 288 g/mol. The number of amides is 1. The fourth-order valence-corrected chi connectivity index (χ4v) is 2.02. The Morgan fingerprint density at radius 3 is 2.45 bits per heavy atom.